The second-order valence-electron chi connectivity index (χ2n) is 3.66. The van der Waals surface area contributed by atoms with Crippen molar-refractivity contribution in [1.82, 2.24) is 10.6 Å². The predicted octanol–water partition coefficient (Wildman–Crippen LogP) is 0.511. The molecule has 1 rings (SSSR count). The molecule has 1 amide bonds. The van der Waals surface area contributed by atoms with Gasteiger partial charge in [0.25, 0.3) is 0 Å². The Morgan fingerprint density at radius 1 is 1.50 bits per heavy atom. The van der Waals surface area contributed by atoms with E-state index in [0.29, 0.717) is 5.92 Å². The van der Waals surface area contributed by atoms with Crippen molar-refractivity contribution >= 4 is 5.91 Å². The molecule has 12 heavy (non-hydrogen) atoms. The first-order valence-electron chi connectivity index (χ1n) is 4.67. The summed E-state index contributed by atoms with van der Waals surface area (Å²) in [5.74, 6) is 0.508. The van der Waals surface area contributed by atoms with Crippen molar-refractivity contribution in [1.29, 1.82) is 0 Å². The van der Waals surface area contributed by atoms with E-state index in [9.17, 15) is 4.79 Å². The molecule has 0 radical (unpaired) electrons. The molecular weight excluding hydrogens is 152 g/mol. The Morgan fingerprint density at radius 2 is 2.17 bits per heavy atom. The van der Waals surface area contributed by atoms with Crippen molar-refractivity contribution in [2.75, 3.05) is 13.1 Å². The first-order valence-corrected chi connectivity index (χ1v) is 4.67. The fourth-order valence-corrected chi connectivity index (χ4v) is 1.86. The molecule has 1 unspecified atom stereocenters. The summed E-state index contributed by atoms with van der Waals surface area (Å²) in [5, 5.41) is 6.22. The number of nitrogens with one attached hydrogen (secondary N) is 2. The third kappa shape index (κ3) is 1.33. The van der Waals surface area contributed by atoms with Crippen molar-refractivity contribution in [3.8, 4) is 0 Å². The monoisotopic (exact) mass is 170 g/mol. The van der Waals surface area contributed by atoms with Crippen LogP contribution in [0.25, 0.3) is 0 Å². The van der Waals surface area contributed by atoms with Crippen molar-refractivity contribution < 1.29 is 4.79 Å². The molecule has 1 atom stereocenters. The van der Waals surface area contributed by atoms with Crippen LogP contribution in [0.1, 0.15) is 27.2 Å². The van der Waals surface area contributed by atoms with Gasteiger partial charge in [0, 0.05) is 13.1 Å². The molecule has 0 aromatic heterocycles. The quantitative estimate of drug-likeness (QED) is 0.634. The van der Waals surface area contributed by atoms with Gasteiger partial charge in [-0.2, -0.15) is 0 Å². The van der Waals surface area contributed by atoms with Crippen molar-refractivity contribution in [2.45, 2.75) is 32.7 Å². The number of piperazine rings is 1. The molecule has 3 heteroatoms. The van der Waals surface area contributed by atoms with Gasteiger partial charge < -0.3 is 10.6 Å². The minimum Gasteiger partial charge on any atom is -0.353 e. The lowest BCUT2D eigenvalue weighted by atomic mass is 9.82. The molecule has 1 aliphatic rings. The average Bonchev–Trinajstić information content (AvgIpc) is 2.05. The summed E-state index contributed by atoms with van der Waals surface area (Å²) in [7, 11) is 0. The topological polar surface area (TPSA) is 41.1 Å². The van der Waals surface area contributed by atoms with E-state index >= 15 is 0 Å². The van der Waals surface area contributed by atoms with Gasteiger partial charge in [0.15, 0.2) is 0 Å². The smallest absolute Gasteiger partial charge is 0.240 e. The van der Waals surface area contributed by atoms with E-state index in [2.05, 4.69) is 31.4 Å². The molecule has 1 aliphatic heterocycles. The molecule has 70 valence electrons. The summed E-state index contributed by atoms with van der Waals surface area (Å²) in [5.41, 5.74) is -0.321. The number of amides is 1. The van der Waals surface area contributed by atoms with Crippen LogP contribution >= 0.6 is 0 Å². The molecule has 0 saturated carbocycles. The Hall–Kier alpha value is -0.570. The van der Waals surface area contributed by atoms with E-state index in [-0.39, 0.29) is 11.4 Å². The van der Waals surface area contributed by atoms with Crippen molar-refractivity contribution in [3.63, 3.8) is 0 Å². The van der Waals surface area contributed by atoms with Crippen LogP contribution in [0.15, 0.2) is 0 Å². The Morgan fingerprint density at radius 3 is 2.50 bits per heavy atom. The highest BCUT2D eigenvalue weighted by Crippen LogP contribution is 2.22. The summed E-state index contributed by atoms with van der Waals surface area (Å²) in [6.07, 6.45) is 0.858. The maximum Gasteiger partial charge on any atom is 0.240 e. The number of hydrogen-bond donors (Lipinski definition) is 2. The summed E-state index contributed by atoms with van der Waals surface area (Å²) >= 11 is 0. The van der Waals surface area contributed by atoms with Gasteiger partial charge in [0.05, 0.1) is 5.54 Å². The van der Waals surface area contributed by atoms with Gasteiger partial charge in [-0.3, -0.25) is 4.79 Å². The van der Waals surface area contributed by atoms with E-state index in [1.165, 1.54) is 0 Å². The summed E-state index contributed by atoms with van der Waals surface area (Å²) in [6.45, 7) is 7.87. The van der Waals surface area contributed by atoms with Gasteiger partial charge in [0.2, 0.25) is 5.91 Å². The van der Waals surface area contributed by atoms with Crippen LogP contribution < -0.4 is 10.6 Å². The van der Waals surface area contributed by atoms with Crippen molar-refractivity contribution in [2.24, 2.45) is 5.92 Å². The Bertz CT molecular complexity index is 179. The molecule has 3 nitrogen and oxygen atoms in total. The number of rotatable bonds is 2. The standard InChI is InChI=1S/C9H18N2O/c1-4-9(7(2)3)8(12)10-5-6-11-9/h7,11H,4-6H2,1-3H3,(H,10,12). The highest BCUT2D eigenvalue weighted by molar-refractivity contribution is 5.87. The van der Waals surface area contributed by atoms with Gasteiger partial charge in [0.1, 0.15) is 0 Å². The lowest BCUT2D eigenvalue weighted by molar-refractivity contribution is -0.131. The lowest BCUT2D eigenvalue weighted by Gasteiger charge is -2.39. The molecule has 1 saturated heterocycles. The second kappa shape index (κ2) is 3.44. The summed E-state index contributed by atoms with van der Waals surface area (Å²) in [4.78, 5) is 11.6. The first kappa shape index (κ1) is 9.52. The van der Waals surface area contributed by atoms with Gasteiger partial charge in [-0.25, -0.2) is 0 Å². The highest BCUT2D eigenvalue weighted by atomic mass is 16.2. The van der Waals surface area contributed by atoms with Gasteiger partial charge >= 0.3 is 0 Å². The SMILES string of the molecule is CCC1(C(C)C)NCCNC1=O. The largest absolute Gasteiger partial charge is 0.353 e. The second-order valence-corrected chi connectivity index (χ2v) is 3.66. The molecular formula is C9H18N2O. The fraction of sp³-hybridized carbons (Fsp3) is 0.889. The van der Waals surface area contributed by atoms with Gasteiger partial charge in [-0.15, -0.1) is 0 Å². The van der Waals surface area contributed by atoms with Crippen LogP contribution in [0.4, 0.5) is 0 Å². The third-order valence-electron chi connectivity index (χ3n) is 2.80. The minimum absolute atomic E-state index is 0.159. The zero-order valence-electron chi connectivity index (χ0n) is 8.11. The molecule has 1 fully saturated rings. The number of carbonyl (C=O) groups excluding carboxylic acids is 1. The molecule has 2 N–H and O–H groups in total. The Balaban J connectivity index is 2.81. The van der Waals surface area contributed by atoms with Crippen LogP contribution in [0.3, 0.4) is 0 Å². The molecule has 0 spiro atoms. The predicted molar refractivity (Wildman–Crippen MR) is 48.9 cm³/mol. The van der Waals surface area contributed by atoms with E-state index in [0.717, 1.165) is 19.5 Å². The molecule has 0 bridgehead atoms. The van der Waals surface area contributed by atoms with Crippen LogP contribution in [0.5, 0.6) is 0 Å². The number of hydrogen-bond acceptors (Lipinski definition) is 2. The Labute approximate surface area is 73.9 Å². The molecule has 0 aliphatic carbocycles. The lowest BCUT2D eigenvalue weighted by Crippen LogP contribution is -2.65. The van der Waals surface area contributed by atoms with Crippen LogP contribution in [0.2, 0.25) is 0 Å². The minimum atomic E-state index is -0.321. The summed E-state index contributed by atoms with van der Waals surface area (Å²) in [6, 6.07) is 0. The number of carbonyl (C=O) groups is 1. The maximum absolute atomic E-state index is 11.6. The van der Waals surface area contributed by atoms with Gasteiger partial charge in [-0.05, 0) is 12.3 Å². The van der Waals surface area contributed by atoms with Crippen molar-refractivity contribution in [3.05, 3.63) is 0 Å². The zero-order chi connectivity index (χ0) is 9.19. The Kier molecular flexibility index (Phi) is 2.73. The third-order valence-corrected chi connectivity index (χ3v) is 2.80. The van der Waals surface area contributed by atoms with E-state index < -0.39 is 0 Å². The van der Waals surface area contributed by atoms with Gasteiger partial charge in [-0.1, -0.05) is 20.8 Å². The van der Waals surface area contributed by atoms with E-state index in [4.69, 9.17) is 0 Å². The normalized spacial score (nSPS) is 30.5. The highest BCUT2D eigenvalue weighted by Gasteiger charge is 2.40. The fourth-order valence-electron chi connectivity index (χ4n) is 1.86. The molecule has 1 heterocycles. The zero-order valence-corrected chi connectivity index (χ0v) is 8.11. The van der Waals surface area contributed by atoms with Crippen LogP contribution in [0, 0.1) is 5.92 Å². The average molecular weight is 170 g/mol. The van der Waals surface area contributed by atoms with E-state index in [1.54, 1.807) is 0 Å². The van der Waals surface area contributed by atoms with E-state index in [1.807, 2.05) is 0 Å². The first-order chi connectivity index (χ1) is 5.63. The summed E-state index contributed by atoms with van der Waals surface area (Å²) < 4.78 is 0. The van der Waals surface area contributed by atoms with Crippen LogP contribution in [-0.2, 0) is 4.79 Å². The maximum atomic E-state index is 11.6. The molecule has 0 aromatic carbocycles. The van der Waals surface area contributed by atoms with Crippen LogP contribution in [-0.4, -0.2) is 24.5 Å². The molecule has 0 aromatic rings.